The van der Waals surface area contributed by atoms with Crippen molar-refractivity contribution < 1.29 is 19.2 Å². The van der Waals surface area contributed by atoms with E-state index in [0.717, 1.165) is 10.2 Å². The summed E-state index contributed by atoms with van der Waals surface area (Å²) in [7, 11) is 0. The summed E-state index contributed by atoms with van der Waals surface area (Å²) >= 11 is 1.42. The Morgan fingerprint density at radius 2 is 1.93 bits per heavy atom. The van der Waals surface area contributed by atoms with Gasteiger partial charge in [-0.2, -0.15) is 0 Å². The standard InChI is InChI=1S/C18H16N4O5S/c23-17(20-8-7-19-13-2-4-14(5-3-13)22(25)26)10-27-18(24)12-1-6-15-16(9-12)28-11-21-15/h1-6,9,11,19H,7-8,10H2,(H,20,23). The molecule has 3 rings (SSSR count). The zero-order valence-corrected chi connectivity index (χ0v) is 15.4. The predicted octanol–water partition coefficient (Wildman–Crippen LogP) is 2.59. The van der Waals surface area contributed by atoms with Crippen LogP contribution in [-0.4, -0.2) is 41.5 Å². The van der Waals surface area contributed by atoms with Crippen LogP contribution in [0.2, 0.25) is 0 Å². The minimum Gasteiger partial charge on any atom is -0.452 e. The SMILES string of the molecule is O=C(COC(=O)c1ccc2ncsc2c1)NCCNc1ccc([N+](=O)[O-])cc1. The molecule has 0 fully saturated rings. The number of hydrogen-bond donors (Lipinski definition) is 2. The van der Waals surface area contributed by atoms with Crippen molar-refractivity contribution in [2.45, 2.75) is 0 Å². The number of thiazole rings is 1. The number of carbonyl (C=O) groups is 2. The molecule has 28 heavy (non-hydrogen) atoms. The van der Waals surface area contributed by atoms with Crippen molar-refractivity contribution in [2.75, 3.05) is 25.0 Å². The first-order valence-electron chi connectivity index (χ1n) is 8.28. The fourth-order valence-electron chi connectivity index (χ4n) is 2.36. The van der Waals surface area contributed by atoms with Gasteiger partial charge < -0.3 is 15.4 Å². The van der Waals surface area contributed by atoms with Crippen LogP contribution in [0.5, 0.6) is 0 Å². The first-order chi connectivity index (χ1) is 13.5. The third-order valence-electron chi connectivity index (χ3n) is 3.76. The smallest absolute Gasteiger partial charge is 0.338 e. The topological polar surface area (TPSA) is 123 Å². The van der Waals surface area contributed by atoms with E-state index in [2.05, 4.69) is 15.6 Å². The number of aromatic nitrogens is 1. The van der Waals surface area contributed by atoms with E-state index in [9.17, 15) is 19.7 Å². The van der Waals surface area contributed by atoms with Gasteiger partial charge >= 0.3 is 5.97 Å². The number of ether oxygens (including phenoxy) is 1. The minimum atomic E-state index is -0.575. The average molecular weight is 400 g/mol. The van der Waals surface area contributed by atoms with Gasteiger partial charge in [-0.3, -0.25) is 14.9 Å². The van der Waals surface area contributed by atoms with Gasteiger partial charge in [0.15, 0.2) is 6.61 Å². The van der Waals surface area contributed by atoms with Gasteiger partial charge in [-0.05, 0) is 30.3 Å². The van der Waals surface area contributed by atoms with Gasteiger partial charge in [0.25, 0.3) is 11.6 Å². The number of nitrogens with one attached hydrogen (secondary N) is 2. The molecular weight excluding hydrogens is 384 g/mol. The van der Waals surface area contributed by atoms with E-state index < -0.39 is 16.8 Å². The monoisotopic (exact) mass is 400 g/mol. The highest BCUT2D eigenvalue weighted by molar-refractivity contribution is 7.16. The Bertz CT molecular complexity index is 1000. The molecule has 0 saturated heterocycles. The molecule has 1 amide bonds. The van der Waals surface area contributed by atoms with Crippen molar-refractivity contribution in [3.8, 4) is 0 Å². The van der Waals surface area contributed by atoms with Gasteiger partial charge in [0.2, 0.25) is 0 Å². The maximum Gasteiger partial charge on any atom is 0.338 e. The van der Waals surface area contributed by atoms with Gasteiger partial charge in [0.05, 0.1) is 26.2 Å². The molecule has 1 heterocycles. The third kappa shape index (κ3) is 5.01. The van der Waals surface area contributed by atoms with Crippen LogP contribution in [0.1, 0.15) is 10.4 Å². The molecule has 10 heteroatoms. The molecule has 144 valence electrons. The second-order valence-electron chi connectivity index (χ2n) is 5.69. The molecule has 3 aromatic rings. The summed E-state index contributed by atoms with van der Waals surface area (Å²) in [5.74, 6) is -0.993. The van der Waals surface area contributed by atoms with Crippen LogP contribution in [0, 0.1) is 10.1 Å². The van der Waals surface area contributed by atoms with E-state index in [0.29, 0.717) is 24.3 Å². The van der Waals surface area contributed by atoms with Crippen molar-refractivity contribution in [2.24, 2.45) is 0 Å². The molecule has 2 N–H and O–H groups in total. The molecule has 9 nitrogen and oxygen atoms in total. The third-order valence-corrected chi connectivity index (χ3v) is 4.55. The molecule has 0 bridgehead atoms. The summed E-state index contributed by atoms with van der Waals surface area (Å²) in [6, 6.07) is 11.0. The van der Waals surface area contributed by atoms with Crippen LogP contribution in [0.15, 0.2) is 48.0 Å². The van der Waals surface area contributed by atoms with E-state index in [1.807, 2.05) is 0 Å². The minimum absolute atomic E-state index is 0.00941. The largest absolute Gasteiger partial charge is 0.452 e. The second-order valence-corrected chi connectivity index (χ2v) is 6.58. The van der Waals surface area contributed by atoms with Crippen LogP contribution < -0.4 is 10.6 Å². The molecule has 1 aromatic heterocycles. The number of benzene rings is 2. The highest BCUT2D eigenvalue weighted by Crippen LogP contribution is 2.19. The number of nitro benzene ring substituents is 1. The number of anilines is 1. The van der Waals surface area contributed by atoms with Crippen LogP contribution in [-0.2, 0) is 9.53 Å². The van der Waals surface area contributed by atoms with Crippen LogP contribution in [0.4, 0.5) is 11.4 Å². The number of esters is 1. The zero-order valence-electron chi connectivity index (χ0n) is 14.6. The lowest BCUT2D eigenvalue weighted by atomic mass is 10.2. The van der Waals surface area contributed by atoms with Crippen molar-refractivity contribution in [1.82, 2.24) is 10.3 Å². The number of fused-ring (bicyclic) bond motifs is 1. The normalized spacial score (nSPS) is 10.4. The number of nitro groups is 1. The average Bonchev–Trinajstić information content (AvgIpc) is 3.17. The van der Waals surface area contributed by atoms with Crippen LogP contribution in [0.3, 0.4) is 0 Å². The number of hydrogen-bond acceptors (Lipinski definition) is 8. The summed E-state index contributed by atoms with van der Waals surface area (Å²) in [6.07, 6.45) is 0. The summed E-state index contributed by atoms with van der Waals surface area (Å²) in [5.41, 5.74) is 3.57. The van der Waals surface area contributed by atoms with E-state index >= 15 is 0 Å². The summed E-state index contributed by atoms with van der Waals surface area (Å²) in [5, 5.41) is 16.2. The highest BCUT2D eigenvalue weighted by Gasteiger charge is 2.11. The van der Waals surface area contributed by atoms with Crippen molar-refractivity contribution >= 4 is 44.8 Å². The molecule has 0 unspecified atom stereocenters. The van der Waals surface area contributed by atoms with Gasteiger partial charge in [-0.25, -0.2) is 9.78 Å². The molecule has 0 aliphatic rings. The highest BCUT2D eigenvalue weighted by atomic mass is 32.1. The number of nitrogens with zero attached hydrogens (tertiary/aromatic N) is 2. The van der Waals surface area contributed by atoms with Crippen LogP contribution >= 0.6 is 11.3 Å². The Morgan fingerprint density at radius 3 is 2.68 bits per heavy atom. The van der Waals surface area contributed by atoms with Crippen molar-refractivity contribution in [1.29, 1.82) is 0 Å². The molecule has 0 aliphatic carbocycles. The first-order valence-corrected chi connectivity index (χ1v) is 9.16. The van der Waals surface area contributed by atoms with Crippen LogP contribution in [0.25, 0.3) is 10.2 Å². The quantitative estimate of drug-likeness (QED) is 0.258. The molecule has 0 radical (unpaired) electrons. The summed E-state index contributed by atoms with van der Waals surface area (Å²) in [4.78, 5) is 38.1. The number of amides is 1. The Morgan fingerprint density at radius 1 is 1.14 bits per heavy atom. The van der Waals surface area contributed by atoms with E-state index in [1.165, 1.54) is 23.5 Å². The number of carbonyl (C=O) groups excluding carboxylic acids is 2. The van der Waals surface area contributed by atoms with Gasteiger partial charge in [0.1, 0.15) is 0 Å². The Labute approximate surface area is 163 Å². The summed E-state index contributed by atoms with van der Waals surface area (Å²) in [6.45, 7) is 0.344. The molecule has 0 atom stereocenters. The number of rotatable bonds is 8. The van der Waals surface area contributed by atoms with Gasteiger partial charge in [-0.1, -0.05) is 0 Å². The predicted molar refractivity (Wildman–Crippen MR) is 104 cm³/mol. The second kappa shape index (κ2) is 8.91. The lowest BCUT2D eigenvalue weighted by Gasteiger charge is -2.08. The maximum absolute atomic E-state index is 12.0. The Balaban J connectivity index is 1.37. The molecule has 0 aliphatic heterocycles. The van der Waals surface area contributed by atoms with E-state index in [-0.39, 0.29) is 12.3 Å². The zero-order chi connectivity index (χ0) is 19.9. The van der Waals surface area contributed by atoms with Crippen molar-refractivity contribution in [3.05, 3.63) is 63.7 Å². The van der Waals surface area contributed by atoms with Gasteiger partial charge in [-0.15, -0.1) is 11.3 Å². The molecule has 0 saturated carbocycles. The van der Waals surface area contributed by atoms with E-state index in [4.69, 9.17) is 4.74 Å². The Hall–Kier alpha value is -3.53. The first kappa shape index (κ1) is 19.2. The van der Waals surface area contributed by atoms with Gasteiger partial charge in [0, 0.05) is 30.9 Å². The fourth-order valence-corrected chi connectivity index (χ4v) is 3.07. The number of non-ortho nitro benzene ring substituents is 1. The molecular formula is C18H16N4O5S. The molecule has 0 spiro atoms. The van der Waals surface area contributed by atoms with Crippen molar-refractivity contribution in [3.63, 3.8) is 0 Å². The fraction of sp³-hybridized carbons (Fsp3) is 0.167. The maximum atomic E-state index is 12.0. The lowest BCUT2D eigenvalue weighted by Crippen LogP contribution is -2.32. The lowest BCUT2D eigenvalue weighted by molar-refractivity contribution is -0.384. The Kier molecular flexibility index (Phi) is 6.12. The van der Waals surface area contributed by atoms with E-state index in [1.54, 1.807) is 35.8 Å². The molecule has 2 aromatic carbocycles. The summed E-state index contributed by atoms with van der Waals surface area (Å²) < 4.78 is 5.89.